The van der Waals surface area contributed by atoms with E-state index in [1.165, 1.54) is 0 Å². The van der Waals surface area contributed by atoms with Crippen molar-refractivity contribution in [2.45, 2.75) is 12.8 Å². The standard InChI is InChI=1S/C15H11BrClNO/c1-10-6-13(16)3-5-14(10)19-15-4-2-11(8-17)7-12(15)9-18/h2-7H,8H2,1H3. The van der Waals surface area contributed by atoms with Crippen molar-refractivity contribution in [1.82, 2.24) is 0 Å². The van der Waals surface area contributed by atoms with Crippen molar-refractivity contribution < 1.29 is 4.74 Å². The van der Waals surface area contributed by atoms with E-state index in [-0.39, 0.29) is 0 Å². The fourth-order valence-corrected chi connectivity index (χ4v) is 2.32. The van der Waals surface area contributed by atoms with Gasteiger partial charge in [0.25, 0.3) is 0 Å². The molecule has 0 radical (unpaired) electrons. The molecule has 0 saturated carbocycles. The fourth-order valence-electron chi connectivity index (χ4n) is 1.68. The predicted octanol–water partition coefficient (Wildman–Crippen LogP) is 5.16. The lowest BCUT2D eigenvalue weighted by Crippen LogP contribution is -1.92. The molecule has 0 unspecified atom stereocenters. The fraction of sp³-hybridized carbons (Fsp3) is 0.133. The maximum Gasteiger partial charge on any atom is 0.145 e. The van der Waals surface area contributed by atoms with Crippen LogP contribution < -0.4 is 4.74 Å². The van der Waals surface area contributed by atoms with Gasteiger partial charge in [0.15, 0.2) is 0 Å². The van der Waals surface area contributed by atoms with Gasteiger partial charge in [-0.25, -0.2) is 0 Å². The predicted molar refractivity (Wildman–Crippen MR) is 79.7 cm³/mol. The molecule has 0 aromatic heterocycles. The highest BCUT2D eigenvalue weighted by Crippen LogP contribution is 2.30. The topological polar surface area (TPSA) is 33.0 Å². The van der Waals surface area contributed by atoms with Gasteiger partial charge < -0.3 is 4.74 Å². The van der Waals surface area contributed by atoms with Crippen LogP contribution in [0.2, 0.25) is 0 Å². The first-order valence-electron chi connectivity index (χ1n) is 5.67. The van der Waals surface area contributed by atoms with Crippen molar-refractivity contribution in [2.24, 2.45) is 0 Å². The molecule has 2 aromatic rings. The van der Waals surface area contributed by atoms with Crippen molar-refractivity contribution in [3.05, 3.63) is 57.6 Å². The van der Waals surface area contributed by atoms with Crippen LogP contribution in [0, 0.1) is 18.3 Å². The molecule has 2 nitrogen and oxygen atoms in total. The first kappa shape index (κ1) is 13.9. The molecule has 0 aliphatic heterocycles. The maximum atomic E-state index is 9.15. The van der Waals surface area contributed by atoms with E-state index in [0.717, 1.165) is 21.3 Å². The minimum Gasteiger partial charge on any atom is -0.456 e. The summed E-state index contributed by atoms with van der Waals surface area (Å²) in [6, 6.07) is 13.3. The van der Waals surface area contributed by atoms with Crippen LogP contribution in [0.4, 0.5) is 0 Å². The number of alkyl halides is 1. The van der Waals surface area contributed by atoms with E-state index >= 15 is 0 Å². The average molecular weight is 337 g/mol. The van der Waals surface area contributed by atoms with Crippen LogP contribution in [0.3, 0.4) is 0 Å². The quantitative estimate of drug-likeness (QED) is 0.725. The summed E-state index contributed by atoms with van der Waals surface area (Å²) in [6.45, 7) is 1.96. The second-order valence-corrected chi connectivity index (χ2v) is 5.27. The Morgan fingerprint density at radius 3 is 2.58 bits per heavy atom. The third kappa shape index (κ3) is 3.28. The molecule has 0 bridgehead atoms. The largest absolute Gasteiger partial charge is 0.456 e. The van der Waals surface area contributed by atoms with Gasteiger partial charge in [-0.05, 0) is 48.4 Å². The number of hydrogen-bond acceptors (Lipinski definition) is 2. The summed E-state index contributed by atoms with van der Waals surface area (Å²) in [4.78, 5) is 0. The molecule has 0 heterocycles. The number of nitriles is 1. The Labute approximate surface area is 125 Å². The highest BCUT2D eigenvalue weighted by Gasteiger charge is 2.08. The third-order valence-corrected chi connectivity index (χ3v) is 3.48. The van der Waals surface area contributed by atoms with Crippen LogP contribution >= 0.6 is 27.5 Å². The minimum absolute atomic E-state index is 0.381. The molecule has 0 aliphatic rings. The summed E-state index contributed by atoms with van der Waals surface area (Å²) in [5.41, 5.74) is 2.39. The van der Waals surface area contributed by atoms with Gasteiger partial charge in [-0.2, -0.15) is 5.26 Å². The summed E-state index contributed by atoms with van der Waals surface area (Å²) in [5, 5.41) is 9.15. The summed E-state index contributed by atoms with van der Waals surface area (Å²) in [6.07, 6.45) is 0. The molecule has 96 valence electrons. The van der Waals surface area contributed by atoms with E-state index in [0.29, 0.717) is 17.2 Å². The van der Waals surface area contributed by atoms with Crippen molar-refractivity contribution in [2.75, 3.05) is 0 Å². The lowest BCUT2D eigenvalue weighted by Gasteiger charge is -2.11. The minimum atomic E-state index is 0.381. The second kappa shape index (κ2) is 6.10. The molecule has 2 aromatic carbocycles. The van der Waals surface area contributed by atoms with E-state index < -0.39 is 0 Å². The first-order valence-corrected chi connectivity index (χ1v) is 7.00. The van der Waals surface area contributed by atoms with E-state index in [1.807, 2.05) is 31.2 Å². The van der Waals surface area contributed by atoms with Gasteiger partial charge in [-0.15, -0.1) is 11.6 Å². The molecular formula is C15H11BrClNO. The van der Waals surface area contributed by atoms with Gasteiger partial charge in [0.2, 0.25) is 0 Å². The summed E-state index contributed by atoms with van der Waals surface area (Å²) in [5.74, 6) is 1.66. The Bertz CT molecular complexity index is 649. The molecular weight excluding hydrogens is 326 g/mol. The number of halogens is 2. The number of rotatable bonds is 3. The van der Waals surface area contributed by atoms with Gasteiger partial charge in [-0.1, -0.05) is 22.0 Å². The SMILES string of the molecule is Cc1cc(Br)ccc1Oc1ccc(CCl)cc1C#N. The first-order chi connectivity index (χ1) is 9.13. The number of hydrogen-bond donors (Lipinski definition) is 0. The summed E-state index contributed by atoms with van der Waals surface area (Å²) < 4.78 is 6.79. The molecule has 0 spiro atoms. The second-order valence-electron chi connectivity index (χ2n) is 4.09. The van der Waals surface area contributed by atoms with Crippen LogP contribution in [0.15, 0.2) is 40.9 Å². The van der Waals surface area contributed by atoms with E-state index in [1.54, 1.807) is 12.1 Å². The van der Waals surface area contributed by atoms with E-state index in [9.17, 15) is 0 Å². The van der Waals surface area contributed by atoms with E-state index in [4.69, 9.17) is 21.6 Å². The van der Waals surface area contributed by atoms with Crippen LogP contribution in [0.25, 0.3) is 0 Å². The molecule has 2 rings (SSSR count). The van der Waals surface area contributed by atoms with Gasteiger partial charge >= 0.3 is 0 Å². The summed E-state index contributed by atoms with van der Waals surface area (Å²) in [7, 11) is 0. The highest BCUT2D eigenvalue weighted by atomic mass is 79.9. The molecule has 19 heavy (non-hydrogen) atoms. The van der Waals surface area contributed by atoms with Crippen LogP contribution in [0.1, 0.15) is 16.7 Å². The lowest BCUT2D eigenvalue weighted by atomic mass is 10.1. The maximum absolute atomic E-state index is 9.15. The summed E-state index contributed by atoms with van der Waals surface area (Å²) >= 11 is 9.16. The van der Waals surface area contributed by atoms with Crippen LogP contribution in [0.5, 0.6) is 11.5 Å². The zero-order valence-electron chi connectivity index (χ0n) is 10.3. The van der Waals surface area contributed by atoms with Gasteiger partial charge in [-0.3, -0.25) is 0 Å². The Kier molecular flexibility index (Phi) is 4.47. The third-order valence-electron chi connectivity index (χ3n) is 2.68. The Balaban J connectivity index is 2.35. The zero-order valence-corrected chi connectivity index (χ0v) is 12.6. The zero-order chi connectivity index (χ0) is 13.8. The number of aryl methyl sites for hydroxylation is 1. The molecule has 0 aliphatic carbocycles. The van der Waals surface area contributed by atoms with E-state index in [2.05, 4.69) is 22.0 Å². The normalized spacial score (nSPS) is 10.0. The van der Waals surface area contributed by atoms with Gasteiger partial charge in [0.05, 0.1) is 5.56 Å². The molecule has 4 heteroatoms. The molecule has 0 N–H and O–H groups in total. The number of ether oxygens (including phenoxy) is 1. The number of benzene rings is 2. The average Bonchev–Trinajstić information content (AvgIpc) is 2.42. The molecule has 0 fully saturated rings. The van der Waals surface area contributed by atoms with Crippen LogP contribution in [-0.2, 0) is 5.88 Å². The van der Waals surface area contributed by atoms with Gasteiger partial charge in [0, 0.05) is 10.4 Å². The van der Waals surface area contributed by atoms with Crippen molar-refractivity contribution in [3.63, 3.8) is 0 Å². The number of nitrogens with zero attached hydrogens (tertiary/aromatic N) is 1. The van der Waals surface area contributed by atoms with Crippen LogP contribution in [-0.4, -0.2) is 0 Å². The molecule has 0 saturated heterocycles. The lowest BCUT2D eigenvalue weighted by molar-refractivity contribution is 0.477. The van der Waals surface area contributed by atoms with Crippen molar-refractivity contribution >= 4 is 27.5 Å². The molecule has 0 atom stereocenters. The van der Waals surface area contributed by atoms with Crippen molar-refractivity contribution in [3.8, 4) is 17.6 Å². The monoisotopic (exact) mass is 335 g/mol. The van der Waals surface area contributed by atoms with Crippen molar-refractivity contribution in [1.29, 1.82) is 5.26 Å². The smallest absolute Gasteiger partial charge is 0.145 e. The Hall–Kier alpha value is -1.50. The Morgan fingerprint density at radius 1 is 1.21 bits per heavy atom. The highest BCUT2D eigenvalue weighted by molar-refractivity contribution is 9.10. The van der Waals surface area contributed by atoms with Gasteiger partial charge in [0.1, 0.15) is 17.6 Å². The Morgan fingerprint density at radius 2 is 1.95 bits per heavy atom. The molecule has 0 amide bonds.